The highest BCUT2D eigenvalue weighted by atomic mass is 16.5. The van der Waals surface area contributed by atoms with Gasteiger partial charge in [0.15, 0.2) is 5.76 Å². The standard InChI is InChI=1S/C19H19N3O3/c1-13-20-9-6-18(21-13)24-15-7-10-22(11-8-15)19(23)17-12-14-4-2-3-5-16(14)25-17/h2-6,9,12,15H,7-8,10-11H2,1H3. The van der Waals surface area contributed by atoms with Crippen molar-refractivity contribution >= 4 is 16.9 Å². The van der Waals surface area contributed by atoms with Gasteiger partial charge in [0.1, 0.15) is 17.5 Å². The van der Waals surface area contributed by atoms with Crippen molar-refractivity contribution < 1.29 is 13.9 Å². The smallest absolute Gasteiger partial charge is 0.289 e. The Morgan fingerprint density at radius 2 is 2.04 bits per heavy atom. The molecule has 1 fully saturated rings. The van der Waals surface area contributed by atoms with E-state index in [4.69, 9.17) is 9.15 Å². The van der Waals surface area contributed by atoms with Gasteiger partial charge in [-0.15, -0.1) is 0 Å². The van der Waals surface area contributed by atoms with Crippen molar-refractivity contribution in [3.8, 4) is 5.88 Å². The van der Waals surface area contributed by atoms with Gasteiger partial charge in [-0.05, 0) is 19.1 Å². The molecule has 0 atom stereocenters. The molecule has 1 amide bonds. The summed E-state index contributed by atoms with van der Waals surface area (Å²) in [5.41, 5.74) is 0.739. The molecule has 128 valence electrons. The monoisotopic (exact) mass is 337 g/mol. The minimum absolute atomic E-state index is 0.0625. The van der Waals surface area contributed by atoms with E-state index >= 15 is 0 Å². The van der Waals surface area contributed by atoms with Crippen molar-refractivity contribution in [3.05, 3.63) is 54.2 Å². The number of hydrogen-bond donors (Lipinski definition) is 0. The maximum absolute atomic E-state index is 12.6. The third-order valence-electron chi connectivity index (χ3n) is 4.40. The van der Waals surface area contributed by atoms with Crippen LogP contribution in [0, 0.1) is 6.92 Å². The van der Waals surface area contributed by atoms with Gasteiger partial charge in [0.2, 0.25) is 5.88 Å². The van der Waals surface area contributed by atoms with Gasteiger partial charge in [0.25, 0.3) is 5.91 Å². The summed E-state index contributed by atoms with van der Waals surface area (Å²) in [6.45, 7) is 3.12. The van der Waals surface area contributed by atoms with Gasteiger partial charge >= 0.3 is 0 Å². The Morgan fingerprint density at radius 3 is 2.80 bits per heavy atom. The quantitative estimate of drug-likeness (QED) is 0.734. The summed E-state index contributed by atoms with van der Waals surface area (Å²) < 4.78 is 11.6. The fraction of sp³-hybridized carbons (Fsp3) is 0.316. The summed E-state index contributed by atoms with van der Waals surface area (Å²) in [6.07, 6.45) is 3.30. The number of amides is 1. The largest absolute Gasteiger partial charge is 0.474 e. The number of nitrogens with zero attached hydrogens (tertiary/aromatic N) is 3. The van der Waals surface area contributed by atoms with Crippen LogP contribution in [-0.2, 0) is 0 Å². The normalized spacial score (nSPS) is 15.5. The number of hydrogen-bond acceptors (Lipinski definition) is 5. The second-order valence-corrected chi connectivity index (χ2v) is 6.20. The van der Waals surface area contributed by atoms with Crippen LogP contribution in [0.2, 0.25) is 0 Å². The van der Waals surface area contributed by atoms with Crippen molar-refractivity contribution in [2.45, 2.75) is 25.9 Å². The Labute approximate surface area is 145 Å². The number of para-hydroxylation sites is 1. The molecule has 1 aromatic carbocycles. The average Bonchev–Trinajstić information content (AvgIpc) is 3.06. The number of ether oxygens (including phenoxy) is 1. The minimum atomic E-state index is -0.0625. The van der Waals surface area contributed by atoms with E-state index < -0.39 is 0 Å². The lowest BCUT2D eigenvalue weighted by molar-refractivity contribution is 0.0561. The summed E-state index contributed by atoms with van der Waals surface area (Å²) in [5.74, 6) is 1.61. The molecule has 1 aliphatic heterocycles. The van der Waals surface area contributed by atoms with Crippen LogP contribution in [0.5, 0.6) is 5.88 Å². The van der Waals surface area contributed by atoms with Crippen molar-refractivity contribution in [2.24, 2.45) is 0 Å². The van der Waals surface area contributed by atoms with E-state index in [2.05, 4.69) is 9.97 Å². The first-order valence-electron chi connectivity index (χ1n) is 8.43. The zero-order valence-electron chi connectivity index (χ0n) is 14.0. The van der Waals surface area contributed by atoms with Gasteiger partial charge in [0.05, 0.1) is 0 Å². The third kappa shape index (κ3) is 3.33. The molecule has 4 rings (SSSR count). The molecule has 6 nitrogen and oxygen atoms in total. The lowest BCUT2D eigenvalue weighted by atomic mass is 10.1. The van der Waals surface area contributed by atoms with Crippen LogP contribution in [0.1, 0.15) is 29.2 Å². The van der Waals surface area contributed by atoms with Crippen molar-refractivity contribution in [2.75, 3.05) is 13.1 Å². The van der Waals surface area contributed by atoms with Gasteiger partial charge in [0, 0.05) is 43.6 Å². The number of furan rings is 1. The predicted octanol–water partition coefficient (Wildman–Crippen LogP) is 3.21. The summed E-state index contributed by atoms with van der Waals surface area (Å²) >= 11 is 0. The lowest BCUT2D eigenvalue weighted by Crippen LogP contribution is -2.41. The first-order valence-corrected chi connectivity index (χ1v) is 8.43. The zero-order valence-corrected chi connectivity index (χ0v) is 14.0. The molecular formula is C19H19N3O3. The zero-order chi connectivity index (χ0) is 17.2. The molecule has 0 bridgehead atoms. The minimum Gasteiger partial charge on any atom is -0.474 e. The molecule has 25 heavy (non-hydrogen) atoms. The van der Waals surface area contributed by atoms with E-state index in [9.17, 15) is 4.79 Å². The number of fused-ring (bicyclic) bond motifs is 1. The SMILES string of the molecule is Cc1nccc(OC2CCN(C(=O)c3cc4ccccc4o3)CC2)n1. The van der Waals surface area contributed by atoms with Gasteiger partial charge < -0.3 is 14.1 Å². The van der Waals surface area contributed by atoms with E-state index in [-0.39, 0.29) is 12.0 Å². The molecule has 0 aliphatic carbocycles. The number of carbonyl (C=O) groups excluding carboxylic acids is 1. The molecule has 2 aromatic heterocycles. The van der Waals surface area contributed by atoms with Gasteiger partial charge in [-0.1, -0.05) is 18.2 Å². The number of aryl methyl sites for hydroxylation is 1. The molecule has 6 heteroatoms. The molecule has 0 N–H and O–H groups in total. The fourth-order valence-corrected chi connectivity index (χ4v) is 3.09. The maximum atomic E-state index is 12.6. The van der Waals surface area contributed by atoms with Crippen LogP contribution in [0.15, 0.2) is 47.0 Å². The van der Waals surface area contributed by atoms with Gasteiger partial charge in [-0.3, -0.25) is 4.79 Å². The topological polar surface area (TPSA) is 68.5 Å². The summed E-state index contributed by atoms with van der Waals surface area (Å²) in [4.78, 5) is 22.8. The molecule has 0 radical (unpaired) electrons. The molecule has 1 aliphatic rings. The molecule has 1 saturated heterocycles. The highest BCUT2D eigenvalue weighted by Gasteiger charge is 2.26. The van der Waals surface area contributed by atoms with Crippen LogP contribution >= 0.6 is 0 Å². The van der Waals surface area contributed by atoms with Crippen molar-refractivity contribution in [1.82, 2.24) is 14.9 Å². The fourth-order valence-electron chi connectivity index (χ4n) is 3.09. The van der Waals surface area contributed by atoms with E-state index in [1.807, 2.05) is 42.2 Å². The van der Waals surface area contributed by atoms with E-state index in [1.54, 1.807) is 12.3 Å². The van der Waals surface area contributed by atoms with E-state index in [0.717, 1.165) is 23.8 Å². The molecule has 0 saturated carbocycles. The number of piperidine rings is 1. The lowest BCUT2D eigenvalue weighted by Gasteiger charge is -2.31. The Bertz CT molecular complexity index is 865. The maximum Gasteiger partial charge on any atom is 0.289 e. The van der Waals surface area contributed by atoms with Crippen molar-refractivity contribution in [3.63, 3.8) is 0 Å². The molecule has 0 unspecified atom stereocenters. The van der Waals surface area contributed by atoms with Gasteiger partial charge in [-0.25, -0.2) is 4.98 Å². The van der Waals surface area contributed by atoms with Crippen LogP contribution < -0.4 is 4.74 Å². The predicted molar refractivity (Wildman–Crippen MR) is 92.5 cm³/mol. The van der Waals surface area contributed by atoms with Gasteiger partial charge in [-0.2, -0.15) is 4.98 Å². The van der Waals surface area contributed by atoms with Crippen LogP contribution in [0.3, 0.4) is 0 Å². The van der Waals surface area contributed by atoms with E-state index in [0.29, 0.717) is 30.6 Å². The van der Waals surface area contributed by atoms with Crippen LogP contribution in [0.25, 0.3) is 11.0 Å². The number of rotatable bonds is 3. The number of carbonyl (C=O) groups is 1. The molecule has 0 spiro atoms. The van der Waals surface area contributed by atoms with Crippen LogP contribution in [0.4, 0.5) is 0 Å². The Kier molecular flexibility index (Phi) is 4.09. The Balaban J connectivity index is 1.38. The van der Waals surface area contributed by atoms with Crippen LogP contribution in [-0.4, -0.2) is 40.0 Å². The first-order chi connectivity index (χ1) is 12.2. The number of benzene rings is 1. The summed E-state index contributed by atoms with van der Waals surface area (Å²) in [7, 11) is 0. The Morgan fingerprint density at radius 1 is 1.24 bits per heavy atom. The summed E-state index contributed by atoms with van der Waals surface area (Å²) in [5, 5.41) is 0.947. The number of aromatic nitrogens is 2. The van der Waals surface area contributed by atoms with Crippen molar-refractivity contribution in [1.29, 1.82) is 0 Å². The Hall–Kier alpha value is -2.89. The highest BCUT2D eigenvalue weighted by molar-refractivity contribution is 5.96. The first kappa shape index (κ1) is 15.6. The molecule has 3 aromatic rings. The summed E-state index contributed by atoms with van der Waals surface area (Å²) in [6, 6.07) is 11.2. The molecular weight excluding hydrogens is 318 g/mol. The van der Waals surface area contributed by atoms with E-state index in [1.165, 1.54) is 0 Å². The number of likely N-dealkylation sites (tertiary alicyclic amines) is 1. The second-order valence-electron chi connectivity index (χ2n) is 6.20. The average molecular weight is 337 g/mol. The molecule has 3 heterocycles. The highest BCUT2D eigenvalue weighted by Crippen LogP contribution is 2.23. The second kappa shape index (κ2) is 6.55. The third-order valence-corrected chi connectivity index (χ3v) is 4.40.